The van der Waals surface area contributed by atoms with E-state index in [0.717, 1.165) is 0 Å². The second-order valence-corrected chi connectivity index (χ2v) is 3.52. The van der Waals surface area contributed by atoms with Crippen LogP contribution in [0.15, 0.2) is 0 Å². The van der Waals surface area contributed by atoms with Crippen molar-refractivity contribution in [3.05, 3.63) is 17.1 Å². The first kappa shape index (κ1) is 11.4. The van der Waals surface area contributed by atoms with E-state index in [1.54, 1.807) is 6.92 Å². The van der Waals surface area contributed by atoms with Gasteiger partial charge in [0.15, 0.2) is 5.69 Å². The van der Waals surface area contributed by atoms with Crippen molar-refractivity contribution in [1.82, 2.24) is 9.97 Å². The predicted molar refractivity (Wildman–Crippen MR) is 54.4 cm³/mol. The second kappa shape index (κ2) is 4.25. The molecular formula is C10H14N2O3. The average Bonchev–Trinajstić information content (AvgIpc) is 2.17. The number of methoxy groups -OCH3 is 1. The van der Waals surface area contributed by atoms with Gasteiger partial charge in [0, 0.05) is 11.5 Å². The minimum Gasteiger partial charge on any atom is -0.481 e. The Morgan fingerprint density at radius 1 is 1.40 bits per heavy atom. The van der Waals surface area contributed by atoms with Gasteiger partial charge in [0.25, 0.3) is 0 Å². The Hall–Kier alpha value is -1.65. The summed E-state index contributed by atoms with van der Waals surface area (Å²) in [6, 6.07) is 0. The Bertz CT molecular complexity index is 388. The summed E-state index contributed by atoms with van der Waals surface area (Å²) in [6.45, 7) is 5.43. The summed E-state index contributed by atoms with van der Waals surface area (Å²) >= 11 is 0. The molecule has 82 valence electrons. The van der Waals surface area contributed by atoms with Crippen molar-refractivity contribution in [3.63, 3.8) is 0 Å². The number of carboxylic acid groups (broad SMARTS) is 1. The number of carbonyl (C=O) groups is 1. The van der Waals surface area contributed by atoms with Crippen molar-refractivity contribution in [2.24, 2.45) is 0 Å². The van der Waals surface area contributed by atoms with E-state index in [9.17, 15) is 4.79 Å². The topological polar surface area (TPSA) is 72.3 Å². The summed E-state index contributed by atoms with van der Waals surface area (Å²) in [5.41, 5.74) is 0.458. The van der Waals surface area contributed by atoms with Crippen LogP contribution in [-0.4, -0.2) is 28.2 Å². The van der Waals surface area contributed by atoms with Gasteiger partial charge < -0.3 is 9.84 Å². The maximum atomic E-state index is 10.9. The summed E-state index contributed by atoms with van der Waals surface area (Å²) in [6.07, 6.45) is 0. The minimum absolute atomic E-state index is 0.00514. The zero-order chi connectivity index (χ0) is 11.6. The van der Waals surface area contributed by atoms with Crippen LogP contribution in [0.1, 0.15) is 41.6 Å². The quantitative estimate of drug-likeness (QED) is 0.820. The first-order valence-electron chi connectivity index (χ1n) is 4.63. The monoisotopic (exact) mass is 210 g/mol. The Balaban J connectivity index is 3.38. The molecule has 1 aromatic rings. The molecular weight excluding hydrogens is 196 g/mol. The molecule has 0 aliphatic rings. The summed E-state index contributed by atoms with van der Waals surface area (Å²) in [5, 5.41) is 8.95. The molecule has 0 aliphatic heterocycles. The fourth-order valence-corrected chi connectivity index (χ4v) is 1.18. The van der Waals surface area contributed by atoms with E-state index in [1.165, 1.54) is 7.11 Å². The molecule has 0 saturated carbocycles. The van der Waals surface area contributed by atoms with Crippen LogP contribution in [0.25, 0.3) is 0 Å². The zero-order valence-electron chi connectivity index (χ0n) is 9.24. The van der Waals surface area contributed by atoms with E-state index < -0.39 is 5.97 Å². The lowest BCUT2D eigenvalue weighted by molar-refractivity contribution is 0.0688. The number of aromatic carboxylic acids is 1. The van der Waals surface area contributed by atoms with Crippen LogP contribution in [0, 0.1) is 6.92 Å². The van der Waals surface area contributed by atoms with Gasteiger partial charge in [0.2, 0.25) is 5.88 Å². The van der Waals surface area contributed by atoms with E-state index >= 15 is 0 Å². The standard InChI is InChI=1S/C10H14N2O3/c1-5(2)8-11-7(10(13)14)6(3)9(12-8)15-4/h5H,1-4H3,(H,13,14). The second-order valence-electron chi connectivity index (χ2n) is 3.52. The fourth-order valence-electron chi connectivity index (χ4n) is 1.18. The van der Waals surface area contributed by atoms with Gasteiger partial charge in [-0.15, -0.1) is 0 Å². The van der Waals surface area contributed by atoms with E-state index in [0.29, 0.717) is 17.3 Å². The molecule has 1 heterocycles. The van der Waals surface area contributed by atoms with Crippen LogP contribution >= 0.6 is 0 Å². The van der Waals surface area contributed by atoms with Crippen LogP contribution in [0.5, 0.6) is 5.88 Å². The maximum Gasteiger partial charge on any atom is 0.355 e. The molecule has 0 aromatic carbocycles. The van der Waals surface area contributed by atoms with Gasteiger partial charge >= 0.3 is 5.97 Å². The number of ether oxygens (including phenoxy) is 1. The van der Waals surface area contributed by atoms with Crippen molar-refractivity contribution < 1.29 is 14.6 Å². The van der Waals surface area contributed by atoms with Crippen LogP contribution < -0.4 is 4.74 Å². The van der Waals surface area contributed by atoms with Crippen LogP contribution in [-0.2, 0) is 0 Å². The van der Waals surface area contributed by atoms with E-state index in [4.69, 9.17) is 9.84 Å². The molecule has 0 amide bonds. The van der Waals surface area contributed by atoms with Gasteiger partial charge in [-0.05, 0) is 6.92 Å². The lowest BCUT2D eigenvalue weighted by Gasteiger charge is -2.10. The van der Waals surface area contributed by atoms with Gasteiger partial charge in [-0.2, -0.15) is 4.98 Å². The minimum atomic E-state index is -1.06. The molecule has 15 heavy (non-hydrogen) atoms. The van der Waals surface area contributed by atoms with Crippen molar-refractivity contribution >= 4 is 5.97 Å². The number of aromatic nitrogens is 2. The summed E-state index contributed by atoms with van der Waals surface area (Å²) < 4.78 is 5.01. The van der Waals surface area contributed by atoms with Crippen LogP contribution in [0.2, 0.25) is 0 Å². The van der Waals surface area contributed by atoms with Gasteiger partial charge in [0.05, 0.1) is 7.11 Å². The molecule has 0 spiro atoms. The lowest BCUT2D eigenvalue weighted by Crippen LogP contribution is -2.11. The molecule has 1 rings (SSSR count). The molecule has 0 aliphatic carbocycles. The highest BCUT2D eigenvalue weighted by Crippen LogP contribution is 2.20. The van der Waals surface area contributed by atoms with Crippen molar-refractivity contribution in [1.29, 1.82) is 0 Å². The first-order chi connectivity index (χ1) is 6.97. The zero-order valence-corrected chi connectivity index (χ0v) is 9.24. The number of nitrogens with zero attached hydrogens (tertiary/aromatic N) is 2. The molecule has 0 saturated heterocycles. The van der Waals surface area contributed by atoms with Gasteiger partial charge in [-0.1, -0.05) is 13.8 Å². The number of rotatable bonds is 3. The number of hydrogen-bond acceptors (Lipinski definition) is 4. The lowest BCUT2D eigenvalue weighted by atomic mass is 10.2. The normalized spacial score (nSPS) is 10.5. The maximum absolute atomic E-state index is 10.9. The predicted octanol–water partition coefficient (Wildman–Crippen LogP) is 1.62. The first-order valence-corrected chi connectivity index (χ1v) is 4.63. The molecule has 0 radical (unpaired) electrons. The molecule has 0 fully saturated rings. The third-order valence-electron chi connectivity index (χ3n) is 2.03. The summed E-state index contributed by atoms with van der Waals surface area (Å²) in [7, 11) is 1.46. The Morgan fingerprint density at radius 3 is 2.40 bits per heavy atom. The Morgan fingerprint density at radius 2 is 2.00 bits per heavy atom. The van der Waals surface area contributed by atoms with E-state index in [-0.39, 0.29) is 11.6 Å². The SMILES string of the molecule is COc1nc(C(C)C)nc(C(=O)O)c1C. The van der Waals surface area contributed by atoms with Crippen LogP contribution in [0.4, 0.5) is 0 Å². The molecule has 5 nitrogen and oxygen atoms in total. The highest BCUT2D eigenvalue weighted by atomic mass is 16.5. The van der Waals surface area contributed by atoms with Gasteiger partial charge in [0.1, 0.15) is 5.82 Å². The molecule has 1 N–H and O–H groups in total. The summed E-state index contributed by atoms with van der Waals surface area (Å²) in [4.78, 5) is 19.0. The van der Waals surface area contributed by atoms with Crippen molar-refractivity contribution in [3.8, 4) is 5.88 Å². The molecule has 0 unspecified atom stereocenters. The van der Waals surface area contributed by atoms with E-state index in [1.807, 2.05) is 13.8 Å². The van der Waals surface area contributed by atoms with E-state index in [2.05, 4.69) is 9.97 Å². The average molecular weight is 210 g/mol. The van der Waals surface area contributed by atoms with Gasteiger partial charge in [-0.25, -0.2) is 9.78 Å². The number of hydrogen-bond donors (Lipinski definition) is 1. The highest BCUT2D eigenvalue weighted by molar-refractivity contribution is 5.87. The highest BCUT2D eigenvalue weighted by Gasteiger charge is 2.17. The largest absolute Gasteiger partial charge is 0.481 e. The third kappa shape index (κ3) is 2.23. The fraction of sp³-hybridized carbons (Fsp3) is 0.500. The van der Waals surface area contributed by atoms with Crippen molar-refractivity contribution in [2.75, 3.05) is 7.11 Å². The van der Waals surface area contributed by atoms with Crippen molar-refractivity contribution in [2.45, 2.75) is 26.7 Å². The smallest absolute Gasteiger partial charge is 0.355 e. The third-order valence-corrected chi connectivity index (χ3v) is 2.03. The number of carboxylic acids is 1. The summed E-state index contributed by atoms with van der Waals surface area (Å²) in [5.74, 6) is -0.186. The Kier molecular flexibility index (Phi) is 3.24. The molecule has 1 aromatic heterocycles. The molecule has 0 bridgehead atoms. The molecule has 5 heteroatoms. The van der Waals surface area contributed by atoms with Gasteiger partial charge in [-0.3, -0.25) is 0 Å². The molecule has 0 atom stereocenters. The Labute approximate surface area is 88.1 Å². The van der Waals surface area contributed by atoms with Crippen LogP contribution in [0.3, 0.4) is 0 Å².